The van der Waals surface area contributed by atoms with Crippen molar-refractivity contribution in [1.82, 2.24) is 4.98 Å². The Bertz CT molecular complexity index is 444. The van der Waals surface area contributed by atoms with Crippen LogP contribution in [-0.4, -0.2) is 18.1 Å². The highest BCUT2D eigenvalue weighted by Crippen LogP contribution is 2.29. The van der Waals surface area contributed by atoms with Gasteiger partial charge >= 0.3 is 0 Å². The van der Waals surface area contributed by atoms with Crippen LogP contribution in [0, 0.1) is 0 Å². The third kappa shape index (κ3) is 2.34. The Kier molecular flexibility index (Phi) is 3.10. The van der Waals surface area contributed by atoms with Crippen LogP contribution in [-0.2, 0) is 0 Å². The molecule has 0 unspecified atom stereocenters. The smallest absolute Gasteiger partial charge is 0.139 e. The van der Waals surface area contributed by atoms with Gasteiger partial charge in [-0.05, 0) is 24.3 Å². The predicted octanol–water partition coefficient (Wildman–Crippen LogP) is 3.53. The van der Waals surface area contributed by atoms with Crippen LogP contribution in [0.3, 0.4) is 0 Å². The molecule has 0 spiro atoms. The second-order valence-electron chi connectivity index (χ2n) is 4.52. The number of thiazole rings is 1. The third-order valence-corrected chi connectivity index (χ3v) is 4.08. The summed E-state index contributed by atoms with van der Waals surface area (Å²) in [5.41, 5.74) is 3.41. The van der Waals surface area contributed by atoms with E-state index in [1.54, 1.807) is 11.3 Å². The second-order valence-corrected chi connectivity index (χ2v) is 5.24. The van der Waals surface area contributed by atoms with Crippen molar-refractivity contribution in [1.29, 1.82) is 0 Å². The van der Waals surface area contributed by atoms with Gasteiger partial charge in [0.05, 0.1) is 5.51 Å². The van der Waals surface area contributed by atoms with Crippen molar-refractivity contribution in [3.05, 3.63) is 46.8 Å². The van der Waals surface area contributed by atoms with E-state index in [1.165, 1.54) is 18.4 Å². The second kappa shape index (κ2) is 4.88. The normalized spacial score (nSPS) is 17.3. The summed E-state index contributed by atoms with van der Waals surface area (Å²) in [4.78, 5) is 6.78. The summed E-state index contributed by atoms with van der Waals surface area (Å²) in [6.45, 7) is 2.26. The van der Waals surface area contributed by atoms with Gasteiger partial charge in [0, 0.05) is 18.5 Å². The first-order chi connectivity index (χ1) is 8.43. The highest BCUT2D eigenvalue weighted by molar-refractivity contribution is 7.07. The highest BCUT2D eigenvalue weighted by atomic mass is 32.1. The summed E-state index contributed by atoms with van der Waals surface area (Å²) >= 11 is 1.68. The molecule has 0 N–H and O–H groups in total. The number of hydrogen-bond donors (Lipinski definition) is 0. The molecule has 3 rings (SSSR count). The van der Waals surface area contributed by atoms with Crippen molar-refractivity contribution in [3.63, 3.8) is 0 Å². The lowest BCUT2D eigenvalue weighted by atomic mass is 9.89. The van der Waals surface area contributed by atoms with E-state index in [4.69, 9.17) is 0 Å². The van der Waals surface area contributed by atoms with Gasteiger partial charge in [0.25, 0.3) is 0 Å². The molecule has 1 saturated heterocycles. The van der Waals surface area contributed by atoms with Gasteiger partial charge in [-0.25, -0.2) is 4.98 Å². The Labute approximate surface area is 106 Å². The maximum atomic E-state index is 4.38. The number of aromatic nitrogens is 1. The average Bonchev–Trinajstić information content (AvgIpc) is 2.94. The van der Waals surface area contributed by atoms with Crippen molar-refractivity contribution < 1.29 is 0 Å². The molecule has 0 amide bonds. The van der Waals surface area contributed by atoms with Gasteiger partial charge in [-0.3, -0.25) is 0 Å². The van der Waals surface area contributed by atoms with Crippen LogP contribution in [0.15, 0.2) is 41.2 Å². The molecule has 0 aliphatic carbocycles. The topological polar surface area (TPSA) is 16.1 Å². The monoisotopic (exact) mass is 244 g/mol. The molecule has 0 saturated carbocycles. The molecule has 1 aliphatic heterocycles. The zero-order valence-electron chi connectivity index (χ0n) is 9.75. The highest BCUT2D eigenvalue weighted by Gasteiger charge is 2.21. The van der Waals surface area contributed by atoms with Gasteiger partial charge in [-0.1, -0.05) is 30.3 Å². The minimum absolute atomic E-state index is 0.728. The van der Waals surface area contributed by atoms with Crippen molar-refractivity contribution >= 4 is 17.2 Å². The van der Waals surface area contributed by atoms with Gasteiger partial charge in [0.2, 0.25) is 0 Å². The number of rotatable bonds is 2. The van der Waals surface area contributed by atoms with E-state index in [0.717, 1.165) is 24.8 Å². The lowest BCUT2D eigenvalue weighted by Gasteiger charge is -2.32. The Balaban J connectivity index is 1.65. The molecule has 2 aromatic rings. The molecular formula is C14H16N2S. The molecule has 0 radical (unpaired) electrons. The zero-order chi connectivity index (χ0) is 11.5. The molecule has 1 aromatic heterocycles. The fourth-order valence-electron chi connectivity index (χ4n) is 2.53. The summed E-state index contributed by atoms with van der Waals surface area (Å²) in [5, 5.41) is 2.14. The molecule has 2 heterocycles. The molecule has 3 heteroatoms. The summed E-state index contributed by atoms with van der Waals surface area (Å²) < 4.78 is 0. The van der Waals surface area contributed by atoms with E-state index < -0.39 is 0 Å². The maximum Gasteiger partial charge on any atom is 0.139 e. The lowest BCUT2D eigenvalue weighted by molar-refractivity contribution is 0.503. The number of benzene rings is 1. The molecular weight excluding hydrogens is 228 g/mol. The minimum Gasteiger partial charge on any atom is -0.356 e. The van der Waals surface area contributed by atoms with E-state index in [-0.39, 0.29) is 0 Å². The van der Waals surface area contributed by atoms with Crippen molar-refractivity contribution in [2.75, 3.05) is 18.0 Å². The van der Waals surface area contributed by atoms with Crippen LogP contribution in [0.4, 0.5) is 5.82 Å². The summed E-state index contributed by atoms with van der Waals surface area (Å²) in [7, 11) is 0. The number of nitrogens with zero attached hydrogens (tertiary/aromatic N) is 2. The Hall–Kier alpha value is -1.35. The van der Waals surface area contributed by atoms with E-state index >= 15 is 0 Å². The van der Waals surface area contributed by atoms with Crippen LogP contribution >= 0.6 is 11.3 Å². The van der Waals surface area contributed by atoms with Crippen LogP contribution in [0.25, 0.3) is 0 Å². The molecule has 88 valence electrons. The Morgan fingerprint density at radius 1 is 1.12 bits per heavy atom. The van der Waals surface area contributed by atoms with Gasteiger partial charge in [-0.15, -0.1) is 11.3 Å². The summed E-state index contributed by atoms with van der Waals surface area (Å²) in [6.07, 6.45) is 2.48. The van der Waals surface area contributed by atoms with Crippen molar-refractivity contribution in [3.8, 4) is 0 Å². The minimum atomic E-state index is 0.728. The molecule has 1 aliphatic rings. The maximum absolute atomic E-state index is 4.38. The van der Waals surface area contributed by atoms with E-state index in [9.17, 15) is 0 Å². The molecule has 0 atom stereocenters. The summed E-state index contributed by atoms with van der Waals surface area (Å²) in [6, 6.07) is 10.9. The molecule has 17 heavy (non-hydrogen) atoms. The van der Waals surface area contributed by atoms with Gasteiger partial charge < -0.3 is 4.90 Å². The number of hydrogen-bond acceptors (Lipinski definition) is 3. The molecule has 2 nitrogen and oxygen atoms in total. The predicted molar refractivity (Wildman–Crippen MR) is 72.7 cm³/mol. The van der Waals surface area contributed by atoms with Crippen molar-refractivity contribution in [2.24, 2.45) is 0 Å². The number of anilines is 1. The fraction of sp³-hybridized carbons (Fsp3) is 0.357. The van der Waals surface area contributed by atoms with Crippen LogP contribution in [0.5, 0.6) is 0 Å². The third-order valence-electron chi connectivity index (χ3n) is 3.51. The quantitative estimate of drug-likeness (QED) is 0.803. The zero-order valence-corrected chi connectivity index (χ0v) is 10.6. The van der Waals surface area contributed by atoms with E-state index in [1.807, 2.05) is 5.51 Å². The van der Waals surface area contributed by atoms with Crippen LogP contribution < -0.4 is 4.90 Å². The van der Waals surface area contributed by atoms with Crippen LogP contribution in [0.2, 0.25) is 0 Å². The Morgan fingerprint density at radius 3 is 2.53 bits per heavy atom. The standard InChI is InChI=1S/C14H16N2S/c1-2-4-12(5-3-1)13-6-8-16(9-7-13)14-10-17-11-15-14/h1-5,10-11,13H,6-9H2. The lowest BCUT2D eigenvalue weighted by Crippen LogP contribution is -2.33. The average molecular weight is 244 g/mol. The molecule has 1 aromatic carbocycles. The number of piperidine rings is 1. The van der Waals surface area contributed by atoms with E-state index in [2.05, 4.69) is 45.6 Å². The van der Waals surface area contributed by atoms with Gasteiger partial charge in [-0.2, -0.15) is 0 Å². The van der Waals surface area contributed by atoms with E-state index in [0.29, 0.717) is 0 Å². The fourth-order valence-corrected chi connectivity index (χ4v) is 3.09. The first kappa shape index (κ1) is 10.8. The van der Waals surface area contributed by atoms with Crippen molar-refractivity contribution in [2.45, 2.75) is 18.8 Å². The SMILES string of the molecule is c1ccc(C2CCN(c3cscn3)CC2)cc1. The molecule has 0 bridgehead atoms. The van der Waals surface area contributed by atoms with Crippen LogP contribution in [0.1, 0.15) is 24.3 Å². The summed E-state index contributed by atoms with van der Waals surface area (Å²) in [5.74, 6) is 1.88. The molecule has 1 fully saturated rings. The largest absolute Gasteiger partial charge is 0.356 e. The Morgan fingerprint density at radius 2 is 1.88 bits per heavy atom. The first-order valence-corrected chi connectivity index (χ1v) is 7.06. The first-order valence-electron chi connectivity index (χ1n) is 6.11. The van der Waals surface area contributed by atoms with Gasteiger partial charge in [0.15, 0.2) is 0 Å². The van der Waals surface area contributed by atoms with Gasteiger partial charge in [0.1, 0.15) is 5.82 Å².